The van der Waals surface area contributed by atoms with Gasteiger partial charge in [-0.25, -0.2) is 0 Å². The second kappa shape index (κ2) is 4.39. The highest BCUT2D eigenvalue weighted by atomic mass is 15.0. The lowest BCUT2D eigenvalue weighted by Gasteiger charge is -2.11. The fourth-order valence-corrected chi connectivity index (χ4v) is 3.90. The third kappa shape index (κ3) is 1.63. The minimum atomic E-state index is 0.430. The van der Waals surface area contributed by atoms with Crippen LogP contribution in [-0.2, 0) is 0 Å². The highest BCUT2D eigenvalue weighted by molar-refractivity contribution is 6.17. The van der Waals surface area contributed by atoms with Crippen LogP contribution in [0.2, 0.25) is 0 Å². The summed E-state index contributed by atoms with van der Waals surface area (Å²) in [4.78, 5) is 3.57. The average Bonchev–Trinajstić information content (AvgIpc) is 3.07. The number of nitrogens with zero attached hydrogens (tertiary/aromatic N) is 1. The van der Waals surface area contributed by atoms with Crippen molar-refractivity contribution in [2.75, 3.05) is 0 Å². The maximum absolute atomic E-state index is 3.57. The van der Waals surface area contributed by atoms with Crippen molar-refractivity contribution >= 4 is 43.6 Å². The van der Waals surface area contributed by atoms with E-state index in [1.807, 2.05) is 0 Å². The summed E-state index contributed by atoms with van der Waals surface area (Å²) in [6.45, 7) is 4.50. The molecule has 0 aliphatic rings. The van der Waals surface area contributed by atoms with Crippen molar-refractivity contribution in [3.8, 4) is 0 Å². The van der Waals surface area contributed by atoms with Crippen LogP contribution in [0, 0.1) is 0 Å². The number of H-pyrrole nitrogens is 1. The van der Waals surface area contributed by atoms with Crippen molar-refractivity contribution in [2.45, 2.75) is 19.9 Å². The third-order valence-electron chi connectivity index (χ3n) is 4.85. The van der Waals surface area contributed by atoms with Crippen molar-refractivity contribution in [1.82, 2.24) is 9.55 Å². The van der Waals surface area contributed by atoms with Crippen LogP contribution >= 0.6 is 0 Å². The van der Waals surface area contributed by atoms with E-state index in [1.165, 1.54) is 43.6 Å². The molecule has 0 aliphatic carbocycles. The smallest absolute Gasteiger partial charge is 0.0515 e. The maximum Gasteiger partial charge on any atom is 0.0515 e. The topological polar surface area (TPSA) is 20.7 Å². The van der Waals surface area contributed by atoms with Gasteiger partial charge in [0.05, 0.1) is 5.52 Å². The van der Waals surface area contributed by atoms with Crippen LogP contribution in [0.25, 0.3) is 43.6 Å². The zero-order valence-corrected chi connectivity index (χ0v) is 13.3. The molecule has 23 heavy (non-hydrogen) atoms. The standard InChI is InChI=1S/C21H18N2/c1-13(2)23-20-10-6-4-8-15(20)17-11-16-14-7-3-5-9-18(14)22-19(16)12-21(17)23/h3-13,22H,1-2H3. The Balaban J connectivity index is 2.05. The molecule has 2 nitrogen and oxygen atoms in total. The van der Waals surface area contributed by atoms with E-state index < -0.39 is 0 Å². The Bertz CT molecular complexity index is 1190. The first-order valence-electron chi connectivity index (χ1n) is 8.17. The van der Waals surface area contributed by atoms with Gasteiger partial charge in [0.15, 0.2) is 0 Å². The van der Waals surface area contributed by atoms with Crippen molar-refractivity contribution in [1.29, 1.82) is 0 Å². The van der Waals surface area contributed by atoms with Crippen LogP contribution in [0.4, 0.5) is 0 Å². The predicted molar refractivity (Wildman–Crippen MR) is 99.2 cm³/mol. The average molecular weight is 298 g/mol. The van der Waals surface area contributed by atoms with Crippen molar-refractivity contribution in [2.24, 2.45) is 0 Å². The molecule has 0 atom stereocenters. The van der Waals surface area contributed by atoms with Crippen LogP contribution in [0.5, 0.6) is 0 Å². The van der Waals surface area contributed by atoms with Crippen LogP contribution < -0.4 is 0 Å². The van der Waals surface area contributed by atoms with Crippen LogP contribution in [-0.4, -0.2) is 9.55 Å². The quantitative estimate of drug-likeness (QED) is 0.391. The third-order valence-corrected chi connectivity index (χ3v) is 4.85. The van der Waals surface area contributed by atoms with Gasteiger partial charge in [0, 0.05) is 44.1 Å². The molecule has 112 valence electrons. The molecule has 1 N–H and O–H groups in total. The van der Waals surface area contributed by atoms with Gasteiger partial charge in [0.25, 0.3) is 0 Å². The Morgan fingerprint density at radius 3 is 2.26 bits per heavy atom. The number of aromatic amines is 1. The van der Waals surface area contributed by atoms with E-state index in [1.54, 1.807) is 0 Å². The molecular weight excluding hydrogens is 280 g/mol. The highest BCUT2D eigenvalue weighted by Crippen LogP contribution is 2.36. The lowest BCUT2D eigenvalue weighted by molar-refractivity contribution is 0.642. The molecule has 3 aromatic carbocycles. The molecule has 0 radical (unpaired) electrons. The minimum Gasteiger partial charge on any atom is -0.354 e. The molecule has 5 aromatic rings. The Kier molecular flexibility index (Phi) is 2.44. The molecule has 0 aliphatic heterocycles. The summed E-state index contributed by atoms with van der Waals surface area (Å²) >= 11 is 0. The first kappa shape index (κ1) is 12.8. The second-order valence-corrected chi connectivity index (χ2v) is 6.57. The number of benzene rings is 3. The summed E-state index contributed by atoms with van der Waals surface area (Å²) in [5.41, 5.74) is 5.04. The molecule has 5 rings (SSSR count). The normalized spacial score (nSPS) is 12.3. The van der Waals surface area contributed by atoms with Crippen LogP contribution in [0.1, 0.15) is 19.9 Å². The predicted octanol–water partition coefficient (Wildman–Crippen LogP) is 6.01. The molecule has 2 heterocycles. The van der Waals surface area contributed by atoms with Crippen molar-refractivity contribution in [3.05, 3.63) is 60.7 Å². The summed E-state index contributed by atoms with van der Waals surface area (Å²) in [6, 6.07) is 22.3. The Labute approximate surface area is 134 Å². The largest absolute Gasteiger partial charge is 0.354 e. The van der Waals surface area contributed by atoms with E-state index in [0.717, 1.165) is 0 Å². The molecule has 0 spiro atoms. The van der Waals surface area contributed by atoms with E-state index in [2.05, 4.69) is 84.1 Å². The second-order valence-electron chi connectivity index (χ2n) is 6.57. The van der Waals surface area contributed by atoms with Gasteiger partial charge in [-0.05, 0) is 38.1 Å². The zero-order chi connectivity index (χ0) is 15.6. The Morgan fingerprint density at radius 1 is 0.696 bits per heavy atom. The molecule has 2 aromatic heterocycles. The van der Waals surface area contributed by atoms with Gasteiger partial charge in [0.2, 0.25) is 0 Å². The molecule has 0 amide bonds. The van der Waals surface area contributed by atoms with Gasteiger partial charge in [-0.1, -0.05) is 36.4 Å². The summed E-state index contributed by atoms with van der Waals surface area (Å²) in [6.07, 6.45) is 0. The first-order chi connectivity index (χ1) is 11.2. The lowest BCUT2D eigenvalue weighted by Crippen LogP contribution is -1.99. The van der Waals surface area contributed by atoms with E-state index >= 15 is 0 Å². The summed E-state index contributed by atoms with van der Waals surface area (Å²) < 4.78 is 2.44. The lowest BCUT2D eigenvalue weighted by atomic mass is 10.1. The van der Waals surface area contributed by atoms with Crippen molar-refractivity contribution in [3.63, 3.8) is 0 Å². The summed E-state index contributed by atoms with van der Waals surface area (Å²) in [5.74, 6) is 0. The molecule has 0 saturated carbocycles. The van der Waals surface area contributed by atoms with Crippen molar-refractivity contribution < 1.29 is 0 Å². The molecule has 0 bridgehead atoms. The number of fused-ring (bicyclic) bond motifs is 6. The number of rotatable bonds is 1. The van der Waals surface area contributed by atoms with Gasteiger partial charge in [0.1, 0.15) is 0 Å². The highest BCUT2D eigenvalue weighted by Gasteiger charge is 2.14. The summed E-state index contributed by atoms with van der Waals surface area (Å²) in [5, 5.41) is 5.28. The fourth-order valence-electron chi connectivity index (χ4n) is 3.90. The van der Waals surface area contributed by atoms with Gasteiger partial charge >= 0.3 is 0 Å². The van der Waals surface area contributed by atoms with Crippen LogP contribution in [0.3, 0.4) is 0 Å². The van der Waals surface area contributed by atoms with Gasteiger partial charge in [-0.15, -0.1) is 0 Å². The maximum atomic E-state index is 3.57. The molecule has 0 saturated heterocycles. The van der Waals surface area contributed by atoms with Gasteiger partial charge < -0.3 is 9.55 Å². The monoisotopic (exact) mass is 298 g/mol. The molecule has 0 fully saturated rings. The number of para-hydroxylation sites is 2. The van der Waals surface area contributed by atoms with E-state index in [0.29, 0.717) is 6.04 Å². The molecule has 0 unspecified atom stereocenters. The van der Waals surface area contributed by atoms with Gasteiger partial charge in [-0.2, -0.15) is 0 Å². The van der Waals surface area contributed by atoms with E-state index in [9.17, 15) is 0 Å². The van der Waals surface area contributed by atoms with Crippen LogP contribution in [0.15, 0.2) is 60.7 Å². The molecular formula is C21H18N2. The number of aromatic nitrogens is 2. The van der Waals surface area contributed by atoms with Gasteiger partial charge in [-0.3, -0.25) is 0 Å². The number of hydrogen-bond donors (Lipinski definition) is 1. The SMILES string of the molecule is CC(C)n1c2ccccc2c2cc3c(cc21)[nH]c1ccccc13. The summed E-state index contributed by atoms with van der Waals surface area (Å²) in [7, 11) is 0. The zero-order valence-electron chi connectivity index (χ0n) is 13.3. The number of hydrogen-bond acceptors (Lipinski definition) is 0. The number of nitrogens with one attached hydrogen (secondary N) is 1. The molecule has 2 heteroatoms. The fraction of sp³-hybridized carbons (Fsp3) is 0.143. The Hall–Kier alpha value is -2.74. The minimum absolute atomic E-state index is 0.430. The van der Waals surface area contributed by atoms with E-state index in [-0.39, 0.29) is 0 Å². The Morgan fingerprint density at radius 2 is 1.43 bits per heavy atom. The van der Waals surface area contributed by atoms with E-state index in [4.69, 9.17) is 0 Å². The first-order valence-corrected chi connectivity index (χ1v) is 8.17.